The van der Waals surface area contributed by atoms with Crippen LogP contribution in [-0.4, -0.2) is 29.0 Å². The monoisotopic (exact) mass is 349 g/mol. The molecule has 0 saturated heterocycles. The molecule has 0 unspecified atom stereocenters. The highest BCUT2D eigenvalue weighted by Gasteiger charge is 2.07. The van der Waals surface area contributed by atoms with Crippen molar-refractivity contribution >= 4 is 40.2 Å². The first-order valence-corrected chi connectivity index (χ1v) is 8.96. The maximum Gasteiger partial charge on any atom is 0.250 e. The van der Waals surface area contributed by atoms with Gasteiger partial charge in [0.15, 0.2) is 4.34 Å². The molecule has 0 aliphatic rings. The van der Waals surface area contributed by atoms with E-state index in [2.05, 4.69) is 29.4 Å². The Bertz CT molecular complexity index is 666. The Morgan fingerprint density at radius 2 is 2.09 bits per heavy atom. The van der Waals surface area contributed by atoms with Crippen molar-refractivity contribution in [1.82, 2.24) is 10.2 Å². The van der Waals surface area contributed by atoms with Crippen molar-refractivity contribution in [1.29, 1.82) is 0 Å². The third-order valence-electron chi connectivity index (χ3n) is 2.72. The van der Waals surface area contributed by atoms with E-state index in [1.165, 1.54) is 17.4 Å². The van der Waals surface area contributed by atoms with Crippen molar-refractivity contribution in [2.75, 3.05) is 18.2 Å². The minimum absolute atomic E-state index is 0.225. The van der Waals surface area contributed by atoms with E-state index in [4.69, 9.17) is 4.74 Å². The summed E-state index contributed by atoms with van der Waals surface area (Å²) in [5, 5.41) is 11.3. The first-order chi connectivity index (χ1) is 11.1. The molecule has 0 atom stereocenters. The number of nitrogens with one attached hydrogen (secondary N) is 1. The number of aromatic nitrogens is 2. The molecule has 7 heteroatoms. The molecule has 0 spiro atoms. The summed E-state index contributed by atoms with van der Waals surface area (Å²) < 4.78 is 5.96. The predicted molar refractivity (Wildman–Crippen MR) is 96.1 cm³/mol. The van der Waals surface area contributed by atoms with Gasteiger partial charge in [-0.2, -0.15) is 0 Å². The van der Waals surface area contributed by atoms with E-state index in [0.29, 0.717) is 11.0 Å². The number of hydrogen-bond donors (Lipinski definition) is 1. The lowest BCUT2D eigenvalue weighted by Gasteiger charge is -1.99. The number of benzene rings is 1. The van der Waals surface area contributed by atoms with Crippen LogP contribution >= 0.6 is 23.1 Å². The van der Waals surface area contributed by atoms with Gasteiger partial charge in [-0.3, -0.25) is 10.1 Å². The van der Waals surface area contributed by atoms with Gasteiger partial charge in [0, 0.05) is 11.8 Å². The first kappa shape index (κ1) is 17.5. The number of carbonyl (C=O) groups is 1. The summed E-state index contributed by atoms with van der Waals surface area (Å²) in [6.07, 6.45) is 3.22. The molecule has 1 aromatic carbocycles. The van der Waals surface area contributed by atoms with Crippen LogP contribution in [0.15, 0.2) is 34.7 Å². The van der Waals surface area contributed by atoms with Crippen molar-refractivity contribution in [3.8, 4) is 5.75 Å². The van der Waals surface area contributed by atoms with Crippen molar-refractivity contribution in [3.63, 3.8) is 0 Å². The fourth-order valence-electron chi connectivity index (χ4n) is 1.59. The summed E-state index contributed by atoms with van der Waals surface area (Å²) in [6.45, 7) is 4.31. The maximum absolute atomic E-state index is 11.9. The number of thioether (sulfide) groups is 1. The zero-order valence-corrected chi connectivity index (χ0v) is 14.9. The van der Waals surface area contributed by atoms with Gasteiger partial charge in [0.2, 0.25) is 11.0 Å². The van der Waals surface area contributed by atoms with E-state index < -0.39 is 0 Å². The highest BCUT2D eigenvalue weighted by molar-refractivity contribution is 8.01. The summed E-state index contributed by atoms with van der Waals surface area (Å²) in [5.74, 6) is 2.14. The molecule has 0 bridgehead atoms. The molecule has 2 rings (SSSR count). The van der Waals surface area contributed by atoms with Crippen molar-refractivity contribution in [3.05, 3.63) is 35.9 Å². The van der Waals surface area contributed by atoms with Crippen LogP contribution in [0.1, 0.15) is 19.4 Å². The zero-order valence-electron chi connectivity index (χ0n) is 13.3. The van der Waals surface area contributed by atoms with Gasteiger partial charge in [0.25, 0.3) is 0 Å². The molecule has 0 aliphatic carbocycles. The van der Waals surface area contributed by atoms with E-state index >= 15 is 0 Å². The largest absolute Gasteiger partial charge is 0.497 e. The lowest BCUT2D eigenvalue weighted by atomic mass is 10.2. The number of nitrogens with zero attached hydrogens (tertiary/aromatic N) is 2. The van der Waals surface area contributed by atoms with E-state index in [1.807, 2.05) is 24.3 Å². The first-order valence-electron chi connectivity index (χ1n) is 7.16. The topological polar surface area (TPSA) is 64.1 Å². The number of amides is 1. The normalized spacial score (nSPS) is 11.1. The lowest BCUT2D eigenvalue weighted by Crippen LogP contribution is -2.07. The molecule has 2 aromatic rings. The number of hydrogen-bond acceptors (Lipinski definition) is 6. The molecule has 23 heavy (non-hydrogen) atoms. The lowest BCUT2D eigenvalue weighted by molar-refractivity contribution is -0.111. The Balaban J connectivity index is 1.87. The standard InChI is InChI=1S/C16H19N3O2S2/c1-11(2)10-22-16-19-18-15(23-16)17-14(20)9-6-12-4-7-13(21-3)8-5-12/h4-9,11H,10H2,1-3H3,(H,17,18,20)/b9-6+. The molecule has 1 heterocycles. The summed E-state index contributed by atoms with van der Waals surface area (Å²) in [7, 11) is 1.62. The molecule has 0 saturated carbocycles. The molecule has 1 amide bonds. The summed E-state index contributed by atoms with van der Waals surface area (Å²) in [4.78, 5) is 11.9. The van der Waals surface area contributed by atoms with Crippen LogP contribution in [0.3, 0.4) is 0 Å². The Kier molecular flexibility index (Phi) is 6.61. The van der Waals surface area contributed by atoms with Crippen molar-refractivity contribution in [2.45, 2.75) is 18.2 Å². The van der Waals surface area contributed by atoms with E-state index in [-0.39, 0.29) is 5.91 Å². The molecule has 1 aromatic heterocycles. The smallest absolute Gasteiger partial charge is 0.250 e. The second-order valence-corrected chi connectivity index (χ2v) is 7.42. The fourth-order valence-corrected chi connectivity index (χ4v) is 3.32. The van der Waals surface area contributed by atoms with Gasteiger partial charge < -0.3 is 4.74 Å². The minimum Gasteiger partial charge on any atom is -0.497 e. The van der Waals surface area contributed by atoms with Crippen molar-refractivity contribution < 1.29 is 9.53 Å². The van der Waals surface area contributed by atoms with Gasteiger partial charge in [-0.25, -0.2) is 0 Å². The Morgan fingerprint density at radius 3 is 2.74 bits per heavy atom. The van der Waals surface area contributed by atoms with Gasteiger partial charge in [0.1, 0.15) is 5.75 Å². The third-order valence-corrected chi connectivity index (χ3v) is 5.12. The highest BCUT2D eigenvalue weighted by Crippen LogP contribution is 2.26. The zero-order chi connectivity index (χ0) is 16.7. The number of rotatable bonds is 7. The quantitative estimate of drug-likeness (QED) is 0.466. The van der Waals surface area contributed by atoms with Crippen LogP contribution < -0.4 is 10.1 Å². The van der Waals surface area contributed by atoms with Gasteiger partial charge in [-0.15, -0.1) is 10.2 Å². The predicted octanol–water partition coefficient (Wildman–Crippen LogP) is 3.95. The SMILES string of the molecule is COc1ccc(/C=C/C(=O)Nc2nnc(SCC(C)C)s2)cc1. The Labute approximate surface area is 144 Å². The summed E-state index contributed by atoms with van der Waals surface area (Å²) >= 11 is 3.04. The van der Waals surface area contributed by atoms with Crippen LogP contribution in [0.4, 0.5) is 5.13 Å². The van der Waals surface area contributed by atoms with Gasteiger partial charge in [-0.05, 0) is 29.7 Å². The van der Waals surface area contributed by atoms with Crippen molar-refractivity contribution in [2.24, 2.45) is 5.92 Å². The van der Waals surface area contributed by atoms with Gasteiger partial charge >= 0.3 is 0 Å². The van der Waals surface area contributed by atoms with E-state index in [1.54, 1.807) is 24.9 Å². The van der Waals surface area contributed by atoms with Crippen LogP contribution in [0, 0.1) is 5.92 Å². The molecule has 0 aliphatic heterocycles. The van der Waals surface area contributed by atoms with E-state index in [0.717, 1.165) is 21.4 Å². The second-order valence-electron chi connectivity index (χ2n) is 5.17. The van der Waals surface area contributed by atoms with Gasteiger partial charge in [0.05, 0.1) is 7.11 Å². The molecular formula is C16H19N3O2S2. The molecule has 122 valence electrons. The minimum atomic E-state index is -0.225. The summed E-state index contributed by atoms with van der Waals surface area (Å²) in [6, 6.07) is 7.46. The number of methoxy groups -OCH3 is 1. The Morgan fingerprint density at radius 1 is 1.35 bits per heavy atom. The van der Waals surface area contributed by atoms with Crippen LogP contribution in [0.2, 0.25) is 0 Å². The molecule has 0 radical (unpaired) electrons. The molecule has 1 N–H and O–H groups in total. The number of ether oxygens (including phenoxy) is 1. The van der Waals surface area contributed by atoms with Crippen LogP contribution in [-0.2, 0) is 4.79 Å². The molecule has 0 fully saturated rings. The average Bonchev–Trinajstić information content (AvgIpc) is 2.99. The maximum atomic E-state index is 11.9. The highest BCUT2D eigenvalue weighted by atomic mass is 32.2. The molecular weight excluding hydrogens is 330 g/mol. The Hall–Kier alpha value is -1.86. The fraction of sp³-hybridized carbons (Fsp3) is 0.312. The van der Waals surface area contributed by atoms with Crippen LogP contribution in [0.5, 0.6) is 5.75 Å². The van der Waals surface area contributed by atoms with Gasteiger partial charge in [-0.1, -0.05) is 49.1 Å². The number of carbonyl (C=O) groups excluding carboxylic acids is 1. The summed E-state index contributed by atoms with van der Waals surface area (Å²) in [5.41, 5.74) is 0.923. The third kappa shape index (κ3) is 6.03. The number of anilines is 1. The molecule has 5 nitrogen and oxygen atoms in total. The second kappa shape index (κ2) is 8.69. The average molecular weight is 349 g/mol. The van der Waals surface area contributed by atoms with E-state index in [9.17, 15) is 4.79 Å². The van der Waals surface area contributed by atoms with Crippen LogP contribution in [0.25, 0.3) is 6.08 Å².